The van der Waals surface area contributed by atoms with Crippen LogP contribution in [0.15, 0.2) is 36.4 Å². The molecule has 110 valence electrons. The Morgan fingerprint density at radius 3 is 2.62 bits per heavy atom. The summed E-state index contributed by atoms with van der Waals surface area (Å²) in [5, 5.41) is 4.84. The van der Waals surface area contributed by atoms with Crippen molar-refractivity contribution < 1.29 is 0 Å². The Morgan fingerprint density at radius 2 is 1.90 bits per heavy atom. The summed E-state index contributed by atoms with van der Waals surface area (Å²) >= 11 is 3.68. The molecule has 0 aliphatic heterocycles. The molecule has 0 saturated carbocycles. The van der Waals surface area contributed by atoms with E-state index in [2.05, 4.69) is 56.4 Å². The first-order chi connectivity index (χ1) is 10.1. The molecule has 3 rings (SSSR count). The van der Waals surface area contributed by atoms with Crippen molar-refractivity contribution in [3.05, 3.63) is 51.2 Å². The van der Waals surface area contributed by atoms with Crippen molar-refractivity contribution in [1.29, 1.82) is 0 Å². The van der Waals surface area contributed by atoms with Gasteiger partial charge in [0.2, 0.25) is 0 Å². The van der Waals surface area contributed by atoms with Gasteiger partial charge in [0.1, 0.15) is 5.01 Å². The molecule has 0 aliphatic carbocycles. The predicted molar refractivity (Wildman–Crippen MR) is 93.4 cm³/mol. The molecular weight excluding hydrogens is 296 g/mol. The van der Waals surface area contributed by atoms with E-state index in [1.807, 2.05) is 17.4 Å². The molecule has 0 aliphatic rings. The lowest BCUT2D eigenvalue weighted by Crippen LogP contribution is -2.30. The number of aryl methyl sites for hydroxylation is 1. The van der Waals surface area contributed by atoms with E-state index < -0.39 is 0 Å². The second-order valence-electron chi connectivity index (χ2n) is 5.53. The maximum absolute atomic E-state index is 4.74. The van der Waals surface area contributed by atoms with Crippen LogP contribution in [0.1, 0.15) is 34.7 Å². The van der Waals surface area contributed by atoms with Crippen LogP contribution in [0.2, 0.25) is 0 Å². The number of aromatic nitrogens is 1. The summed E-state index contributed by atoms with van der Waals surface area (Å²) in [5.41, 5.74) is 1.10. The van der Waals surface area contributed by atoms with Gasteiger partial charge < -0.3 is 5.32 Å². The summed E-state index contributed by atoms with van der Waals surface area (Å²) in [6.45, 7) is 6.61. The second kappa shape index (κ2) is 6.26. The molecule has 1 N–H and O–H groups in total. The summed E-state index contributed by atoms with van der Waals surface area (Å²) in [4.78, 5) is 7.57. The molecule has 0 bridgehead atoms. The van der Waals surface area contributed by atoms with E-state index >= 15 is 0 Å². The summed E-state index contributed by atoms with van der Waals surface area (Å²) in [7, 11) is 0. The monoisotopic (exact) mass is 316 g/mol. The number of benzene rings is 1. The van der Waals surface area contributed by atoms with Crippen molar-refractivity contribution in [2.75, 3.05) is 0 Å². The SMILES string of the molecule is Cc1ccc(CC(C)NC(C)c2nc3ccccc3s2)s1. The van der Waals surface area contributed by atoms with E-state index in [1.165, 1.54) is 19.5 Å². The smallest absolute Gasteiger partial charge is 0.111 e. The number of rotatable bonds is 5. The van der Waals surface area contributed by atoms with Crippen LogP contribution in [0.4, 0.5) is 0 Å². The Hall–Kier alpha value is -1.23. The second-order valence-corrected chi connectivity index (χ2v) is 7.96. The minimum absolute atomic E-state index is 0.290. The molecule has 3 aromatic rings. The number of hydrogen-bond acceptors (Lipinski definition) is 4. The zero-order chi connectivity index (χ0) is 14.8. The molecule has 2 aromatic heterocycles. The Bertz CT molecular complexity index is 696. The third-order valence-corrected chi connectivity index (χ3v) is 5.76. The first-order valence-electron chi connectivity index (χ1n) is 7.28. The van der Waals surface area contributed by atoms with Gasteiger partial charge in [0, 0.05) is 15.8 Å². The third-order valence-electron chi connectivity index (χ3n) is 3.52. The number of fused-ring (bicyclic) bond motifs is 1. The van der Waals surface area contributed by atoms with Crippen molar-refractivity contribution in [2.24, 2.45) is 0 Å². The van der Waals surface area contributed by atoms with Crippen LogP contribution in [-0.2, 0) is 6.42 Å². The van der Waals surface area contributed by atoms with Gasteiger partial charge in [-0.05, 0) is 51.5 Å². The van der Waals surface area contributed by atoms with Gasteiger partial charge in [0.15, 0.2) is 0 Å². The molecule has 0 spiro atoms. The van der Waals surface area contributed by atoms with E-state index in [-0.39, 0.29) is 0 Å². The largest absolute Gasteiger partial charge is 0.305 e. The molecular formula is C17H20N2S2. The van der Waals surface area contributed by atoms with Crippen molar-refractivity contribution >= 4 is 32.9 Å². The molecule has 21 heavy (non-hydrogen) atoms. The molecule has 2 atom stereocenters. The van der Waals surface area contributed by atoms with Crippen LogP contribution in [0.3, 0.4) is 0 Å². The molecule has 2 unspecified atom stereocenters. The molecule has 4 heteroatoms. The first kappa shape index (κ1) is 14.7. The number of nitrogens with zero attached hydrogens (tertiary/aromatic N) is 1. The number of nitrogens with one attached hydrogen (secondary N) is 1. The average Bonchev–Trinajstić information content (AvgIpc) is 3.04. The predicted octanol–water partition coefficient (Wildman–Crippen LogP) is 4.95. The van der Waals surface area contributed by atoms with Gasteiger partial charge in [-0.15, -0.1) is 22.7 Å². The molecule has 1 aromatic carbocycles. The standard InChI is InChI=1S/C17H20N2S2/c1-11(10-14-9-8-12(2)20-14)18-13(3)17-19-15-6-4-5-7-16(15)21-17/h4-9,11,13,18H,10H2,1-3H3. The van der Waals surface area contributed by atoms with Crippen LogP contribution in [0.5, 0.6) is 0 Å². The van der Waals surface area contributed by atoms with Crippen molar-refractivity contribution in [1.82, 2.24) is 10.3 Å². The van der Waals surface area contributed by atoms with Crippen LogP contribution >= 0.6 is 22.7 Å². The van der Waals surface area contributed by atoms with Gasteiger partial charge in [0.05, 0.1) is 16.3 Å². The summed E-state index contributed by atoms with van der Waals surface area (Å²) in [6.07, 6.45) is 1.08. The fourth-order valence-electron chi connectivity index (χ4n) is 2.53. The third kappa shape index (κ3) is 3.51. The number of thiazole rings is 1. The van der Waals surface area contributed by atoms with E-state index in [1.54, 1.807) is 11.3 Å². The lowest BCUT2D eigenvalue weighted by Gasteiger charge is -2.17. The van der Waals surface area contributed by atoms with Gasteiger partial charge in [-0.25, -0.2) is 4.98 Å². The maximum atomic E-state index is 4.74. The highest BCUT2D eigenvalue weighted by Gasteiger charge is 2.14. The molecule has 0 amide bonds. The highest BCUT2D eigenvalue weighted by Crippen LogP contribution is 2.26. The zero-order valence-corrected chi connectivity index (χ0v) is 14.2. The van der Waals surface area contributed by atoms with E-state index in [0.717, 1.165) is 11.9 Å². The number of para-hydroxylation sites is 1. The Morgan fingerprint density at radius 1 is 1.10 bits per heavy atom. The van der Waals surface area contributed by atoms with Gasteiger partial charge in [0.25, 0.3) is 0 Å². The molecule has 0 fully saturated rings. The van der Waals surface area contributed by atoms with Gasteiger partial charge >= 0.3 is 0 Å². The Labute approximate surface area is 133 Å². The van der Waals surface area contributed by atoms with Crippen LogP contribution in [0.25, 0.3) is 10.2 Å². The highest BCUT2D eigenvalue weighted by atomic mass is 32.1. The number of hydrogen-bond donors (Lipinski definition) is 1. The normalized spacial score (nSPS) is 14.4. The maximum Gasteiger partial charge on any atom is 0.111 e. The lowest BCUT2D eigenvalue weighted by atomic mass is 10.2. The van der Waals surface area contributed by atoms with Gasteiger partial charge in [-0.3, -0.25) is 0 Å². The van der Waals surface area contributed by atoms with Crippen LogP contribution < -0.4 is 5.32 Å². The first-order valence-corrected chi connectivity index (χ1v) is 8.92. The Balaban J connectivity index is 1.66. The minimum atomic E-state index is 0.290. The lowest BCUT2D eigenvalue weighted by molar-refractivity contribution is 0.478. The average molecular weight is 316 g/mol. The number of thiophene rings is 1. The Kier molecular flexibility index (Phi) is 4.38. The van der Waals surface area contributed by atoms with Crippen molar-refractivity contribution in [3.8, 4) is 0 Å². The van der Waals surface area contributed by atoms with Crippen LogP contribution in [-0.4, -0.2) is 11.0 Å². The fourth-order valence-corrected chi connectivity index (χ4v) is 4.53. The molecule has 2 nitrogen and oxygen atoms in total. The minimum Gasteiger partial charge on any atom is -0.305 e. The van der Waals surface area contributed by atoms with E-state index in [9.17, 15) is 0 Å². The van der Waals surface area contributed by atoms with Gasteiger partial charge in [-0.2, -0.15) is 0 Å². The van der Waals surface area contributed by atoms with Crippen LogP contribution in [0, 0.1) is 6.92 Å². The van der Waals surface area contributed by atoms with Crippen molar-refractivity contribution in [2.45, 2.75) is 39.3 Å². The van der Waals surface area contributed by atoms with Gasteiger partial charge in [-0.1, -0.05) is 12.1 Å². The highest BCUT2D eigenvalue weighted by molar-refractivity contribution is 7.18. The molecule has 2 heterocycles. The molecule has 0 radical (unpaired) electrons. The zero-order valence-electron chi connectivity index (χ0n) is 12.6. The summed E-state index contributed by atoms with van der Waals surface area (Å²) < 4.78 is 1.27. The quantitative estimate of drug-likeness (QED) is 0.720. The fraction of sp³-hybridized carbons (Fsp3) is 0.353. The summed E-state index contributed by atoms with van der Waals surface area (Å²) in [5.74, 6) is 0. The van der Waals surface area contributed by atoms with Crippen molar-refractivity contribution in [3.63, 3.8) is 0 Å². The molecule has 0 saturated heterocycles. The van der Waals surface area contributed by atoms with E-state index in [0.29, 0.717) is 12.1 Å². The topological polar surface area (TPSA) is 24.9 Å². The summed E-state index contributed by atoms with van der Waals surface area (Å²) in [6, 6.07) is 13.5. The van der Waals surface area contributed by atoms with E-state index in [4.69, 9.17) is 4.98 Å².